The fourth-order valence-corrected chi connectivity index (χ4v) is 5.06. The standard InChI is InChI=1S/C35H51N3O/c1-6-8-10-12-14-28(3)36-30-16-20-32(21-17-30)38(34-24-26-35(39-5)27-25-34)33-22-18-31(19-23-33)37-29(4)15-13-11-9-7-2/h16-29,36-37H,6-15H2,1-5H3. The molecular formula is C35H51N3O. The van der Waals surface area contributed by atoms with Crippen molar-refractivity contribution >= 4 is 28.4 Å². The van der Waals surface area contributed by atoms with Crippen molar-refractivity contribution in [3.8, 4) is 5.75 Å². The third-order valence-corrected chi connectivity index (χ3v) is 7.39. The maximum absolute atomic E-state index is 5.41. The van der Waals surface area contributed by atoms with Crippen LogP contribution >= 0.6 is 0 Å². The molecule has 0 fully saturated rings. The Balaban J connectivity index is 1.73. The van der Waals surface area contributed by atoms with E-state index < -0.39 is 0 Å². The van der Waals surface area contributed by atoms with Crippen LogP contribution in [-0.2, 0) is 0 Å². The van der Waals surface area contributed by atoms with Crippen molar-refractivity contribution in [2.45, 2.75) is 104 Å². The minimum Gasteiger partial charge on any atom is -0.497 e. The fraction of sp³-hybridized carbons (Fsp3) is 0.486. The van der Waals surface area contributed by atoms with Crippen LogP contribution in [0.15, 0.2) is 72.8 Å². The first-order valence-electron chi connectivity index (χ1n) is 15.2. The van der Waals surface area contributed by atoms with Crippen molar-refractivity contribution < 1.29 is 4.74 Å². The highest BCUT2D eigenvalue weighted by Gasteiger charge is 2.14. The molecule has 0 amide bonds. The molecule has 4 heteroatoms. The van der Waals surface area contributed by atoms with E-state index in [9.17, 15) is 0 Å². The Bertz CT molecular complexity index is 983. The minimum atomic E-state index is 0.472. The number of ether oxygens (including phenoxy) is 1. The van der Waals surface area contributed by atoms with E-state index in [1.54, 1.807) is 7.11 Å². The van der Waals surface area contributed by atoms with Crippen LogP contribution in [0.5, 0.6) is 5.75 Å². The van der Waals surface area contributed by atoms with Gasteiger partial charge in [0, 0.05) is 40.5 Å². The van der Waals surface area contributed by atoms with Crippen molar-refractivity contribution in [1.29, 1.82) is 0 Å². The van der Waals surface area contributed by atoms with Crippen molar-refractivity contribution in [1.82, 2.24) is 0 Å². The van der Waals surface area contributed by atoms with Crippen LogP contribution in [0.3, 0.4) is 0 Å². The van der Waals surface area contributed by atoms with Gasteiger partial charge in [0.15, 0.2) is 0 Å². The highest BCUT2D eigenvalue weighted by molar-refractivity contribution is 5.78. The molecule has 2 atom stereocenters. The van der Waals surface area contributed by atoms with Gasteiger partial charge in [0.1, 0.15) is 5.75 Å². The van der Waals surface area contributed by atoms with Gasteiger partial charge in [-0.1, -0.05) is 65.2 Å². The number of hydrogen-bond donors (Lipinski definition) is 2. The fourth-order valence-electron chi connectivity index (χ4n) is 5.06. The number of benzene rings is 3. The van der Waals surface area contributed by atoms with Crippen LogP contribution in [0, 0.1) is 0 Å². The summed E-state index contributed by atoms with van der Waals surface area (Å²) in [6, 6.07) is 26.9. The molecule has 3 aromatic carbocycles. The van der Waals surface area contributed by atoms with Crippen molar-refractivity contribution in [2.75, 3.05) is 22.6 Å². The maximum atomic E-state index is 5.41. The summed E-state index contributed by atoms with van der Waals surface area (Å²) in [7, 11) is 1.71. The first-order chi connectivity index (χ1) is 19.0. The van der Waals surface area contributed by atoms with Crippen molar-refractivity contribution in [3.63, 3.8) is 0 Å². The zero-order chi connectivity index (χ0) is 27.9. The molecule has 0 aliphatic carbocycles. The Kier molecular flexibility index (Phi) is 13.1. The molecule has 3 aromatic rings. The second-order valence-corrected chi connectivity index (χ2v) is 10.9. The Morgan fingerprint density at radius 2 is 0.949 bits per heavy atom. The summed E-state index contributed by atoms with van der Waals surface area (Å²) < 4.78 is 5.41. The lowest BCUT2D eigenvalue weighted by Gasteiger charge is -2.26. The van der Waals surface area contributed by atoms with Crippen LogP contribution in [-0.4, -0.2) is 19.2 Å². The first-order valence-corrected chi connectivity index (χ1v) is 15.2. The lowest BCUT2D eigenvalue weighted by Crippen LogP contribution is -2.15. The third kappa shape index (κ3) is 10.2. The molecule has 0 bridgehead atoms. The normalized spacial score (nSPS) is 12.5. The topological polar surface area (TPSA) is 36.5 Å². The Labute approximate surface area is 238 Å². The summed E-state index contributed by atoms with van der Waals surface area (Å²) in [4.78, 5) is 2.30. The van der Waals surface area contributed by atoms with E-state index in [4.69, 9.17) is 4.74 Å². The van der Waals surface area contributed by atoms with Gasteiger partial charge >= 0.3 is 0 Å². The number of rotatable bonds is 18. The highest BCUT2D eigenvalue weighted by Crippen LogP contribution is 2.36. The van der Waals surface area contributed by atoms with Gasteiger partial charge in [-0.2, -0.15) is 0 Å². The number of methoxy groups -OCH3 is 1. The molecule has 0 spiro atoms. The van der Waals surface area contributed by atoms with Crippen molar-refractivity contribution in [2.24, 2.45) is 0 Å². The van der Waals surface area contributed by atoms with Gasteiger partial charge in [0.25, 0.3) is 0 Å². The van der Waals surface area contributed by atoms with Gasteiger partial charge in [-0.15, -0.1) is 0 Å². The lowest BCUT2D eigenvalue weighted by atomic mass is 10.1. The van der Waals surface area contributed by atoms with E-state index in [2.05, 4.69) is 104 Å². The summed E-state index contributed by atoms with van der Waals surface area (Å²) >= 11 is 0. The third-order valence-electron chi connectivity index (χ3n) is 7.39. The molecule has 0 aliphatic heterocycles. The highest BCUT2D eigenvalue weighted by atomic mass is 16.5. The molecule has 0 aromatic heterocycles. The van der Waals surface area contributed by atoms with E-state index in [1.807, 2.05) is 12.1 Å². The van der Waals surface area contributed by atoms with Crippen LogP contribution < -0.4 is 20.3 Å². The molecule has 39 heavy (non-hydrogen) atoms. The first kappa shape index (κ1) is 30.4. The zero-order valence-corrected chi connectivity index (χ0v) is 25.0. The number of hydrogen-bond acceptors (Lipinski definition) is 4. The van der Waals surface area contributed by atoms with Crippen molar-refractivity contribution in [3.05, 3.63) is 72.8 Å². The summed E-state index contributed by atoms with van der Waals surface area (Å²) in [5, 5.41) is 7.37. The second kappa shape index (κ2) is 16.7. The quantitative estimate of drug-likeness (QED) is 0.161. The van der Waals surface area contributed by atoms with E-state index >= 15 is 0 Å². The average molecular weight is 530 g/mol. The number of nitrogens with one attached hydrogen (secondary N) is 2. The largest absolute Gasteiger partial charge is 0.497 e. The number of nitrogens with zero attached hydrogens (tertiary/aromatic N) is 1. The molecule has 0 aliphatic rings. The lowest BCUT2D eigenvalue weighted by molar-refractivity contribution is 0.415. The van der Waals surface area contributed by atoms with Crippen LogP contribution in [0.4, 0.5) is 28.4 Å². The number of unbranched alkanes of at least 4 members (excludes halogenated alkanes) is 6. The Hall–Kier alpha value is -3.14. The predicted octanol–water partition coefficient (Wildman–Crippen LogP) is 10.7. The summed E-state index contributed by atoms with van der Waals surface area (Å²) in [6.07, 6.45) is 12.9. The minimum absolute atomic E-state index is 0.472. The van der Waals surface area contributed by atoms with Gasteiger partial charge in [-0.3, -0.25) is 0 Å². The molecular weight excluding hydrogens is 478 g/mol. The molecule has 212 valence electrons. The van der Waals surface area contributed by atoms with Crippen LogP contribution in [0.2, 0.25) is 0 Å². The monoisotopic (exact) mass is 529 g/mol. The van der Waals surface area contributed by atoms with E-state index in [-0.39, 0.29) is 0 Å². The number of anilines is 5. The molecule has 2 N–H and O–H groups in total. The van der Waals surface area contributed by atoms with E-state index in [1.165, 1.54) is 75.6 Å². The van der Waals surface area contributed by atoms with E-state index in [0.29, 0.717) is 12.1 Å². The molecule has 0 saturated carbocycles. The summed E-state index contributed by atoms with van der Waals surface area (Å²) in [5.74, 6) is 0.860. The molecule has 2 unspecified atom stereocenters. The summed E-state index contributed by atoms with van der Waals surface area (Å²) in [5.41, 5.74) is 5.70. The van der Waals surface area contributed by atoms with Gasteiger partial charge < -0.3 is 20.3 Å². The Morgan fingerprint density at radius 3 is 1.31 bits per heavy atom. The molecule has 4 nitrogen and oxygen atoms in total. The Morgan fingerprint density at radius 1 is 0.564 bits per heavy atom. The van der Waals surface area contributed by atoms with Crippen LogP contribution in [0.1, 0.15) is 91.9 Å². The molecule has 0 heterocycles. The molecule has 0 saturated heterocycles. The summed E-state index contributed by atoms with van der Waals surface area (Å²) in [6.45, 7) is 9.09. The zero-order valence-electron chi connectivity index (χ0n) is 25.0. The smallest absolute Gasteiger partial charge is 0.119 e. The van der Waals surface area contributed by atoms with Gasteiger partial charge in [-0.25, -0.2) is 0 Å². The molecule has 3 rings (SSSR count). The second-order valence-electron chi connectivity index (χ2n) is 10.9. The maximum Gasteiger partial charge on any atom is 0.119 e. The van der Waals surface area contributed by atoms with E-state index in [0.717, 1.165) is 22.8 Å². The van der Waals surface area contributed by atoms with Gasteiger partial charge in [-0.05, 0) is 99.5 Å². The van der Waals surface area contributed by atoms with Gasteiger partial charge in [0.05, 0.1) is 7.11 Å². The van der Waals surface area contributed by atoms with Crippen LogP contribution in [0.25, 0.3) is 0 Å². The average Bonchev–Trinajstić information content (AvgIpc) is 2.96. The SMILES string of the molecule is CCCCCCC(C)Nc1ccc(N(c2ccc(NC(C)CCCCCC)cc2)c2ccc(OC)cc2)cc1. The molecule has 0 radical (unpaired) electrons. The van der Waals surface area contributed by atoms with Gasteiger partial charge in [0.2, 0.25) is 0 Å². The predicted molar refractivity (Wildman–Crippen MR) is 171 cm³/mol.